The van der Waals surface area contributed by atoms with E-state index in [0.717, 1.165) is 49.4 Å². The Labute approximate surface area is 148 Å². The molecule has 1 unspecified atom stereocenters. The monoisotopic (exact) mass is 336 g/mol. The van der Waals surface area contributed by atoms with Crippen molar-refractivity contribution >= 4 is 11.9 Å². The summed E-state index contributed by atoms with van der Waals surface area (Å²) < 4.78 is 0. The van der Waals surface area contributed by atoms with Crippen LogP contribution in [-0.4, -0.2) is 35.0 Å². The zero-order chi connectivity index (χ0) is 17.2. The van der Waals surface area contributed by atoms with Crippen molar-refractivity contribution in [2.45, 2.75) is 38.6 Å². The number of anilines is 1. The lowest BCUT2D eigenvalue weighted by Gasteiger charge is -2.30. The molecule has 1 aliphatic heterocycles. The van der Waals surface area contributed by atoms with Gasteiger partial charge in [-0.25, -0.2) is 9.97 Å². The molecule has 0 radical (unpaired) electrons. The molecule has 1 atom stereocenters. The number of carbonyl (C=O) groups excluding carboxylic acids is 1. The molecule has 5 heteroatoms. The van der Waals surface area contributed by atoms with Gasteiger partial charge < -0.3 is 10.2 Å². The Balaban J connectivity index is 1.36. The summed E-state index contributed by atoms with van der Waals surface area (Å²) in [5, 5.41) is 3.10. The lowest BCUT2D eigenvalue weighted by molar-refractivity contribution is -0.122. The predicted molar refractivity (Wildman–Crippen MR) is 98.3 cm³/mol. The number of nitrogens with one attached hydrogen (secondary N) is 1. The molecule has 25 heavy (non-hydrogen) atoms. The molecule has 2 aromatic rings. The Kier molecular flexibility index (Phi) is 4.38. The first kappa shape index (κ1) is 16.1. The largest absolute Gasteiger partial charge is 0.353 e. The van der Waals surface area contributed by atoms with E-state index in [9.17, 15) is 4.79 Å². The number of hydrogen-bond donors (Lipinski definition) is 1. The van der Waals surface area contributed by atoms with E-state index in [4.69, 9.17) is 0 Å². The molecule has 1 saturated heterocycles. The smallest absolute Gasteiger partial charge is 0.225 e. The van der Waals surface area contributed by atoms with Crippen molar-refractivity contribution in [3.8, 4) is 11.1 Å². The normalized spacial score (nSPS) is 17.7. The fourth-order valence-corrected chi connectivity index (χ4v) is 3.09. The van der Waals surface area contributed by atoms with Crippen LogP contribution in [0.2, 0.25) is 0 Å². The van der Waals surface area contributed by atoms with Crippen LogP contribution >= 0.6 is 0 Å². The fourth-order valence-electron chi connectivity index (χ4n) is 3.09. The van der Waals surface area contributed by atoms with E-state index in [1.807, 2.05) is 12.4 Å². The van der Waals surface area contributed by atoms with Gasteiger partial charge in [0.05, 0.1) is 0 Å². The number of nitrogens with zero attached hydrogens (tertiary/aromatic N) is 3. The van der Waals surface area contributed by atoms with Crippen LogP contribution in [0.3, 0.4) is 0 Å². The van der Waals surface area contributed by atoms with Crippen molar-refractivity contribution in [1.82, 2.24) is 15.3 Å². The molecule has 4 rings (SSSR count). The molecule has 1 aromatic heterocycles. The highest BCUT2D eigenvalue weighted by Gasteiger charge is 2.30. The zero-order valence-corrected chi connectivity index (χ0v) is 14.6. The maximum absolute atomic E-state index is 11.8. The molecule has 1 amide bonds. The van der Waals surface area contributed by atoms with Crippen molar-refractivity contribution in [3.05, 3.63) is 42.2 Å². The average Bonchev–Trinajstić information content (AvgIpc) is 3.40. The SMILES string of the molecule is CC(Cc1ccc(-c2cnc(N3CCC3)nc2)cc1)NC(=O)C1CC1. The highest BCUT2D eigenvalue weighted by Crippen LogP contribution is 2.29. The summed E-state index contributed by atoms with van der Waals surface area (Å²) >= 11 is 0. The van der Waals surface area contributed by atoms with E-state index in [1.54, 1.807) is 0 Å². The minimum atomic E-state index is 0.165. The van der Waals surface area contributed by atoms with Crippen molar-refractivity contribution in [1.29, 1.82) is 0 Å². The lowest BCUT2D eigenvalue weighted by Crippen LogP contribution is -2.38. The quantitative estimate of drug-likeness (QED) is 0.881. The molecule has 130 valence electrons. The Morgan fingerprint density at radius 3 is 2.40 bits per heavy atom. The second-order valence-corrected chi connectivity index (χ2v) is 7.20. The summed E-state index contributed by atoms with van der Waals surface area (Å²) in [5.74, 6) is 1.31. The Bertz CT molecular complexity index is 733. The third-order valence-electron chi connectivity index (χ3n) is 4.94. The first-order valence-electron chi connectivity index (χ1n) is 9.16. The van der Waals surface area contributed by atoms with E-state index in [1.165, 1.54) is 12.0 Å². The van der Waals surface area contributed by atoms with E-state index in [2.05, 4.69) is 51.4 Å². The fraction of sp³-hybridized carbons (Fsp3) is 0.450. The van der Waals surface area contributed by atoms with E-state index in [0.29, 0.717) is 0 Å². The summed E-state index contributed by atoms with van der Waals surface area (Å²) in [6.45, 7) is 4.18. The molecule has 0 spiro atoms. The highest BCUT2D eigenvalue weighted by molar-refractivity contribution is 5.81. The van der Waals surface area contributed by atoms with Gasteiger partial charge >= 0.3 is 0 Å². The van der Waals surface area contributed by atoms with Gasteiger partial charge in [-0.3, -0.25) is 4.79 Å². The molecule has 1 aliphatic carbocycles. The van der Waals surface area contributed by atoms with E-state index in [-0.39, 0.29) is 17.9 Å². The minimum Gasteiger partial charge on any atom is -0.353 e. The van der Waals surface area contributed by atoms with Crippen molar-refractivity contribution < 1.29 is 4.79 Å². The number of hydrogen-bond acceptors (Lipinski definition) is 4. The highest BCUT2D eigenvalue weighted by atomic mass is 16.2. The van der Waals surface area contributed by atoms with Gasteiger partial charge in [-0.05, 0) is 43.7 Å². The molecule has 2 fully saturated rings. The van der Waals surface area contributed by atoms with Crippen LogP contribution in [0.1, 0.15) is 31.7 Å². The summed E-state index contributed by atoms with van der Waals surface area (Å²) in [6, 6.07) is 8.62. The van der Waals surface area contributed by atoms with Crippen LogP contribution in [0, 0.1) is 5.92 Å². The van der Waals surface area contributed by atoms with E-state index >= 15 is 0 Å². The van der Waals surface area contributed by atoms with Crippen LogP contribution in [-0.2, 0) is 11.2 Å². The summed E-state index contributed by atoms with van der Waals surface area (Å²) in [6.07, 6.45) is 7.97. The number of benzene rings is 1. The van der Waals surface area contributed by atoms with Gasteiger partial charge in [0.2, 0.25) is 11.9 Å². The van der Waals surface area contributed by atoms with Crippen LogP contribution in [0.5, 0.6) is 0 Å². The van der Waals surface area contributed by atoms with Crippen LogP contribution in [0.4, 0.5) is 5.95 Å². The molecule has 1 N–H and O–H groups in total. The standard InChI is InChI=1S/C20H24N4O/c1-14(23-19(25)17-7-8-17)11-15-3-5-16(6-4-15)18-12-21-20(22-13-18)24-9-2-10-24/h3-6,12-14,17H,2,7-11H2,1H3,(H,23,25). The number of amides is 1. The van der Waals surface area contributed by atoms with Crippen LogP contribution in [0.15, 0.2) is 36.7 Å². The number of rotatable bonds is 6. The van der Waals surface area contributed by atoms with Gasteiger partial charge in [0.1, 0.15) is 0 Å². The predicted octanol–water partition coefficient (Wildman–Crippen LogP) is 2.81. The molecule has 0 bridgehead atoms. The van der Waals surface area contributed by atoms with Gasteiger partial charge in [-0.2, -0.15) is 0 Å². The Morgan fingerprint density at radius 2 is 1.84 bits per heavy atom. The van der Waals surface area contributed by atoms with Gasteiger partial charge in [0.15, 0.2) is 0 Å². The summed E-state index contributed by atoms with van der Waals surface area (Å²) in [4.78, 5) is 22.9. The van der Waals surface area contributed by atoms with Crippen LogP contribution in [0.25, 0.3) is 11.1 Å². The Hall–Kier alpha value is -2.43. The van der Waals surface area contributed by atoms with Gasteiger partial charge in [0.25, 0.3) is 0 Å². The van der Waals surface area contributed by atoms with E-state index < -0.39 is 0 Å². The number of carbonyl (C=O) groups is 1. The number of aromatic nitrogens is 2. The second-order valence-electron chi connectivity index (χ2n) is 7.20. The summed E-state index contributed by atoms with van der Waals surface area (Å²) in [7, 11) is 0. The Morgan fingerprint density at radius 1 is 1.16 bits per heavy atom. The van der Waals surface area contributed by atoms with Gasteiger partial charge in [-0.15, -0.1) is 0 Å². The first-order valence-corrected chi connectivity index (χ1v) is 9.16. The molecule has 2 aliphatic rings. The molecule has 5 nitrogen and oxygen atoms in total. The minimum absolute atomic E-state index is 0.165. The topological polar surface area (TPSA) is 58.1 Å². The van der Waals surface area contributed by atoms with Crippen molar-refractivity contribution in [3.63, 3.8) is 0 Å². The maximum atomic E-state index is 11.8. The molecule has 1 aromatic carbocycles. The third kappa shape index (κ3) is 3.81. The third-order valence-corrected chi connectivity index (χ3v) is 4.94. The van der Waals surface area contributed by atoms with Crippen molar-refractivity contribution in [2.75, 3.05) is 18.0 Å². The second kappa shape index (κ2) is 6.82. The first-order chi connectivity index (χ1) is 12.2. The zero-order valence-electron chi connectivity index (χ0n) is 14.6. The molecular weight excluding hydrogens is 312 g/mol. The van der Waals surface area contributed by atoms with Crippen LogP contribution < -0.4 is 10.2 Å². The molecule has 2 heterocycles. The molecular formula is C20H24N4O. The lowest BCUT2D eigenvalue weighted by atomic mass is 10.0. The maximum Gasteiger partial charge on any atom is 0.225 e. The average molecular weight is 336 g/mol. The van der Waals surface area contributed by atoms with Gasteiger partial charge in [-0.1, -0.05) is 24.3 Å². The van der Waals surface area contributed by atoms with Gasteiger partial charge in [0, 0.05) is 43.0 Å². The molecule has 1 saturated carbocycles. The van der Waals surface area contributed by atoms with Crippen molar-refractivity contribution in [2.24, 2.45) is 5.92 Å². The summed E-state index contributed by atoms with van der Waals surface area (Å²) in [5.41, 5.74) is 3.38.